The zero-order valence-electron chi connectivity index (χ0n) is 14.7. The average molecular weight is 367 g/mol. The maximum Gasteiger partial charge on any atom is 0.299 e. The highest BCUT2D eigenvalue weighted by Crippen LogP contribution is 2.22. The largest absolute Gasteiger partial charge is 0.494 e. The first-order valence-electron chi connectivity index (χ1n) is 8.20. The molecule has 0 spiro atoms. The Balaban J connectivity index is 1.87. The zero-order chi connectivity index (χ0) is 19.4. The van der Waals surface area contributed by atoms with Crippen molar-refractivity contribution in [1.29, 1.82) is 0 Å². The van der Waals surface area contributed by atoms with E-state index in [1.165, 1.54) is 28.9 Å². The number of non-ortho nitro benzene ring substituents is 1. The molecule has 0 aliphatic rings. The Morgan fingerprint density at radius 3 is 2.37 bits per heavy atom. The average Bonchev–Trinajstić information content (AvgIpc) is 2.95. The lowest BCUT2D eigenvalue weighted by Gasteiger charge is -2.01. The van der Waals surface area contributed by atoms with E-state index in [4.69, 9.17) is 4.74 Å². The van der Waals surface area contributed by atoms with Crippen molar-refractivity contribution in [2.24, 2.45) is 10.2 Å². The molecule has 27 heavy (non-hydrogen) atoms. The molecule has 0 aliphatic heterocycles. The van der Waals surface area contributed by atoms with Gasteiger partial charge in [-0.25, -0.2) is 4.68 Å². The van der Waals surface area contributed by atoms with E-state index in [1.54, 1.807) is 31.2 Å². The lowest BCUT2D eigenvalue weighted by atomic mass is 10.3. The van der Waals surface area contributed by atoms with Crippen LogP contribution in [0.5, 0.6) is 5.75 Å². The highest BCUT2D eigenvalue weighted by molar-refractivity contribution is 5.47. The van der Waals surface area contributed by atoms with E-state index in [0.717, 1.165) is 5.75 Å². The minimum Gasteiger partial charge on any atom is -0.494 e. The number of nitro benzene ring substituents is 1. The van der Waals surface area contributed by atoms with Crippen LogP contribution in [-0.2, 0) is 0 Å². The van der Waals surface area contributed by atoms with Gasteiger partial charge in [-0.05, 0) is 50.2 Å². The summed E-state index contributed by atoms with van der Waals surface area (Å²) in [6.45, 7) is 4.18. The van der Waals surface area contributed by atoms with E-state index in [-0.39, 0.29) is 11.4 Å². The third-order valence-electron chi connectivity index (χ3n) is 3.77. The Morgan fingerprint density at radius 2 is 1.78 bits per heavy atom. The van der Waals surface area contributed by atoms with Crippen LogP contribution in [0.3, 0.4) is 0 Å². The molecule has 2 aromatic carbocycles. The maximum atomic E-state index is 12.6. The number of nitrogens with one attached hydrogen (secondary N) is 1. The third-order valence-corrected chi connectivity index (χ3v) is 3.77. The second-order valence-corrected chi connectivity index (χ2v) is 5.63. The van der Waals surface area contributed by atoms with Gasteiger partial charge in [0.25, 0.3) is 11.2 Å². The molecule has 0 saturated heterocycles. The molecule has 0 radical (unpaired) electrons. The van der Waals surface area contributed by atoms with E-state index >= 15 is 0 Å². The molecule has 0 unspecified atom stereocenters. The fourth-order valence-corrected chi connectivity index (χ4v) is 2.44. The number of ether oxygens (including phenoxy) is 1. The number of aromatic nitrogens is 2. The Kier molecular flexibility index (Phi) is 5.11. The number of H-pyrrole nitrogens is 1. The Bertz CT molecular complexity index is 1030. The van der Waals surface area contributed by atoms with Gasteiger partial charge in [0, 0.05) is 12.1 Å². The first kappa shape index (κ1) is 18.1. The predicted molar refractivity (Wildman–Crippen MR) is 99.6 cm³/mol. The summed E-state index contributed by atoms with van der Waals surface area (Å²) in [5.41, 5.74) is 1.31. The molecular formula is C18H17N5O4. The summed E-state index contributed by atoms with van der Waals surface area (Å²) in [4.78, 5) is 22.8. The van der Waals surface area contributed by atoms with Crippen LogP contribution in [0.2, 0.25) is 0 Å². The first-order valence-corrected chi connectivity index (χ1v) is 8.20. The van der Waals surface area contributed by atoms with Gasteiger partial charge in [-0.1, -0.05) is 0 Å². The molecule has 0 saturated carbocycles. The Morgan fingerprint density at radius 1 is 1.11 bits per heavy atom. The van der Waals surface area contributed by atoms with Crippen LogP contribution in [0, 0.1) is 17.0 Å². The molecular weight excluding hydrogens is 350 g/mol. The quantitative estimate of drug-likeness (QED) is 0.399. The molecule has 1 N–H and O–H groups in total. The SMILES string of the molecule is CCOc1ccc(N=Nc2c(C)[nH]n(-c3ccc([N+](=O)[O-])cc3)c2=O)cc1. The van der Waals surface area contributed by atoms with E-state index in [1.807, 2.05) is 6.92 Å². The summed E-state index contributed by atoms with van der Waals surface area (Å²) in [7, 11) is 0. The van der Waals surface area contributed by atoms with Gasteiger partial charge in [0.15, 0.2) is 5.69 Å². The molecule has 138 valence electrons. The second-order valence-electron chi connectivity index (χ2n) is 5.63. The van der Waals surface area contributed by atoms with Gasteiger partial charge in [0.05, 0.1) is 28.6 Å². The fraction of sp³-hybridized carbons (Fsp3) is 0.167. The van der Waals surface area contributed by atoms with Gasteiger partial charge in [-0.2, -0.15) is 5.11 Å². The second kappa shape index (κ2) is 7.65. The number of aryl methyl sites for hydroxylation is 1. The minimum atomic E-state index is -0.497. The van der Waals surface area contributed by atoms with Gasteiger partial charge in [-0.15, -0.1) is 5.11 Å². The molecule has 3 aromatic rings. The lowest BCUT2D eigenvalue weighted by Crippen LogP contribution is -2.13. The summed E-state index contributed by atoms with van der Waals surface area (Å²) < 4.78 is 6.63. The fourth-order valence-electron chi connectivity index (χ4n) is 2.44. The van der Waals surface area contributed by atoms with Crippen molar-refractivity contribution in [3.8, 4) is 11.4 Å². The maximum absolute atomic E-state index is 12.6. The minimum absolute atomic E-state index is 0.0505. The van der Waals surface area contributed by atoms with Crippen LogP contribution in [0.4, 0.5) is 17.1 Å². The molecule has 0 amide bonds. The summed E-state index contributed by atoms with van der Waals surface area (Å²) in [5.74, 6) is 0.731. The third kappa shape index (κ3) is 3.92. The van der Waals surface area contributed by atoms with Crippen LogP contribution in [0.25, 0.3) is 5.69 Å². The summed E-state index contributed by atoms with van der Waals surface area (Å²) in [5, 5.41) is 21.8. The molecule has 0 atom stereocenters. The van der Waals surface area contributed by atoms with Gasteiger partial charge in [0.2, 0.25) is 0 Å². The van der Waals surface area contributed by atoms with E-state index in [0.29, 0.717) is 23.7 Å². The lowest BCUT2D eigenvalue weighted by molar-refractivity contribution is -0.384. The number of nitro groups is 1. The Hall–Kier alpha value is -3.75. The van der Waals surface area contributed by atoms with Crippen LogP contribution >= 0.6 is 0 Å². The van der Waals surface area contributed by atoms with Crippen molar-refractivity contribution in [1.82, 2.24) is 9.78 Å². The highest BCUT2D eigenvalue weighted by atomic mass is 16.6. The molecule has 9 heteroatoms. The van der Waals surface area contributed by atoms with Crippen LogP contribution < -0.4 is 10.3 Å². The van der Waals surface area contributed by atoms with Crippen molar-refractivity contribution in [3.05, 3.63) is 74.7 Å². The Labute approximate surface area is 154 Å². The van der Waals surface area contributed by atoms with Gasteiger partial charge >= 0.3 is 0 Å². The molecule has 3 rings (SSSR count). The first-order chi connectivity index (χ1) is 13.0. The number of rotatable bonds is 6. The summed E-state index contributed by atoms with van der Waals surface area (Å²) in [6, 6.07) is 12.7. The number of hydrogen-bond acceptors (Lipinski definition) is 6. The molecule has 0 bridgehead atoms. The zero-order valence-corrected chi connectivity index (χ0v) is 14.7. The summed E-state index contributed by atoms with van der Waals surface area (Å²) in [6.07, 6.45) is 0. The molecule has 0 fully saturated rings. The summed E-state index contributed by atoms with van der Waals surface area (Å²) >= 11 is 0. The van der Waals surface area contributed by atoms with Crippen LogP contribution in [0.1, 0.15) is 12.6 Å². The monoisotopic (exact) mass is 367 g/mol. The number of benzene rings is 2. The van der Waals surface area contributed by atoms with Crippen LogP contribution in [0.15, 0.2) is 63.6 Å². The van der Waals surface area contributed by atoms with E-state index < -0.39 is 10.5 Å². The van der Waals surface area contributed by atoms with Crippen molar-refractivity contribution in [2.45, 2.75) is 13.8 Å². The molecule has 9 nitrogen and oxygen atoms in total. The van der Waals surface area contributed by atoms with Gasteiger partial charge < -0.3 is 4.74 Å². The highest BCUT2D eigenvalue weighted by Gasteiger charge is 2.13. The molecule has 1 aromatic heterocycles. The normalized spacial score (nSPS) is 11.0. The van der Waals surface area contributed by atoms with Gasteiger partial charge in [-0.3, -0.25) is 20.0 Å². The number of nitrogens with zero attached hydrogens (tertiary/aromatic N) is 4. The number of aromatic amines is 1. The van der Waals surface area contributed by atoms with E-state index in [9.17, 15) is 14.9 Å². The number of hydrogen-bond donors (Lipinski definition) is 1. The van der Waals surface area contributed by atoms with Crippen molar-refractivity contribution in [3.63, 3.8) is 0 Å². The van der Waals surface area contributed by atoms with Crippen molar-refractivity contribution in [2.75, 3.05) is 6.61 Å². The predicted octanol–water partition coefficient (Wildman–Crippen LogP) is 4.20. The van der Waals surface area contributed by atoms with E-state index in [2.05, 4.69) is 15.3 Å². The smallest absolute Gasteiger partial charge is 0.299 e. The van der Waals surface area contributed by atoms with Crippen LogP contribution in [-0.4, -0.2) is 21.3 Å². The number of azo groups is 1. The van der Waals surface area contributed by atoms with Crippen molar-refractivity contribution >= 4 is 17.1 Å². The topological polar surface area (TPSA) is 115 Å². The molecule has 0 aliphatic carbocycles. The molecule has 1 heterocycles. The van der Waals surface area contributed by atoms with Crippen molar-refractivity contribution < 1.29 is 9.66 Å². The van der Waals surface area contributed by atoms with Gasteiger partial charge in [0.1, 0.15) is 5.75 Å². The standard InChI is InChI=1S/C18H17N5O4/c1-3-27-16-10-4-13(5-11-16)19-20-17-12(2)21-22(18(17)24)14-6-8-15(9-7-14)23(25)26/h4-11,21H,3H2,1-2H3.